The van der Waals surface area contributed by atoms with Gasteiger partial charge < -0.3 is 10.1 Å². The summed E-state index contributed by atoms with van der Waals surface area (Å²) >= 11 is 0. The molecular formula is C38H51F2NO. The van der Waals surface area contributed by atoms with Crippen molar-refractivity contribution in [1.82, 2.24) is 0 Å². The second kappa shape index (κ2) is 16.7. The first-order valence-corrected chi connectivity index (χ1v) is 16.5. The van der Waals surface area contributed by atoms with E-state index >= 15 is 0 Å². The van der Waals surface area contributed by atoms with Crippen molar-refractivity contribution < 1.29 is 13.5 Å². The van der Waals surface area contributed by atoms with Crippen molar-refractivity contribution in [3.8, 4) is 16.9 Å². The molecule has 0 aliphatic heterocycles. The molecule has 1 aliphatic carbocycles. The third-order valence-electron chi connectivity index (χ3n) is 8.86. The largest absolute Gasteiger partial charge is 0.491 e. The lowest BCUT2D eigenvalue weighted by atomic mass is 9.74. The van der Waals surface area contributed by atoms with Gasteiger partial charge in [-0.05, 0) is 85.3 Å². The number of halogens is 2. The number of hydrogen-bond donors (Lipinski definition) is 1. The Morgan fingerprint density at radius 3 is 2.36 bits per heavy atom. The number of benzene rings is 3. The van der Waals surface area contributed by atoms with Crippen molar-refractivity contribution in [3.63, 3.8) is 0 Å². The smallest absolute Gasteiger partial charge is 0.250 e. The number of unbranched alkanes of at least 4 members (excludes halogenated alkanes) is 4. The Kier molecular flexibility index (Phi) is 12.7. The number of aryl methyl sites for hydroxylation is 1. The highest BCUT2D eigenvalue weighted by Gasteiger charge is 2.41. The van der Waals surface area contributed by atoms with Crippen molar-refractivity contribution in [2.75, 3.05) is 18.5 Å². The van der Waals surface area contributed by atoms with E-state index in [1.807, 2.05) is 6.92 Å². The van der Waals surface area contributed by atoms with Crippen LogP contribution in [-0.2, 0) is 6.42 Å². The van der Waals surface area contributed by atoms with Crippen molar-refractivity contribution in [3.05, 3.63) is 83.9 Å². The van der Waals surface area contributed by atoms with Crippen LogP contribution in [0.15, 0.2) is 72.8 Å². The molecule has 42 heavy (non-hydrogen) atoms. The van der Waals surface area contributed by atoms with Gasteiger partial charge in [0.05, 0.1) is 12.3 Å². The molecule has 2 unspecified atom stereocenters. The number of alkyl halides is 2. The van der Waals surface area contributed by atoms with E-state index in [-0.39, 0.29) is 12.3 Å². The van der Waals surface area contributed by atoms with Crippen LogP contribution in [-0.4, -0.2) is 19.1 Å². The molecule has 1 N–H and O–H groups in total. The Bertz CT molecular complexity index is 1180. The molecular weight excluding hydrogens is 524 g/mol. The van der Waals surface area contributed by atoms with Crippen LogP contribution in [0.2, 0.25) is 0 Å². The Balaban J connectivity index is 1.39. The van der Waals surface area contributed by atoms with E-state index in [9.17, 15) is 8.78 Å². The minimum atomic E-state index is -2.54. The minimum absolute atomic E-state index is 0.00483. The van der Waals surface area contributed by atoms with Gasteiger partial charge in [0, 0.05) is 18.9 Å². The summed E-state index contributed by atoms with van der Waals surface area (Å²) in [5.74, 6) is -1.91. The maximum absolute atomic E-state index is 14.7. The van der Waals surface area contributed by atoms with Gasteiger partial charge in [0.25, 0.3) is 5.92 Å². The van der Waals surface area contributed by atoms with Crippen LogP contribution in [0.1, 0.15) is 108 Å². The van der Waals surface area contributed by atoms with Gasteiger partial charge in [0.15, 0.2) is 0 Å². The van der Waals surface area contributed by atoms with Crippen LogP contribution in [0.5, 0.6) is 5.75 Å². The monoisotopic (exact) mass is 575 g/mol. The van der Waals surface area contributed by atoms with E-state index < -0.39 is 11.8 Å². The second-order valence-electron chi connectivity index (χ2n) is 12.2. The molecule has 228 valence electrons. The van der Waals surface area contributed by atoms with Crippen LogP contribution >= 0.6 is 0 Å². The van der Waals surface area contributed by atoms with Crippen molar-refractivity contribution in [2.45, 2.75) is 109 Å². The lowest BCUT2D eigenvalue weighted by Gasteiger charge is -2.34. The minimum Gasteiger partial charge on any atom is -0.491 e. The maximum atomic E-state index is 14.7. The lowest BCUT2D eigenvalue weighted by molar-refractivity contribution is -0.0802. The first-order valence-electron chi connectivity index (χ1n) is 16.5. The first-order chi connectivity index (χ1) is 20.5. The first kappa shape index (κ1) is 32.0. The molecule has 0 bridgehead atoms. The zero-order valence-electron chi connectivity index (χ0n) is 25.9. The van der Waals surface area contributed by atoms with Gasteiger partial charge in [-0.2, -0.15) is 0 Å². The number of ether oxygens (including phenoxy) is 1. The summed E-state index contributed by atoms with van der Waals surface area (Å²) in [5, 5.41) is 3.62. The molecule has 1 saturated carbocycles. The highest BCUT2D eigenvalue weighted by Crippen LogP contribution is 2.45. The fourth-order valence-electron chi connectivity index (χ4n) is 6.36. The third kappa shape index (κ3) is 9.57. The van der Waals surface area contributed by atoms with Gasteiger partial charge >= 0.3 is 0 Å². The Labute approximate surface area is 253 Å². The van der Waals surface area contributed by atoms with E-state index in [4.69, 9.17) is 4.74 Å². The van der Waals surface area contributed by atoms with Crippen LogP contribution < -0.4 is 10.1 Å². The fraction of sp³-hybridized carbons (Fsp3) is 0.526. The highest BCUT2D eigenvalue weighted by atomic mass is 19.3. The summed E-state index contributed by atoms with van der Waals surface area (Å²) < 4.78 is 35.7. The summed E-state index contributed by atoms with van der Waals surface area (Å²) in [7, 11) is 0. The number of anilines is 1. The van der Waals surface area contributed by atoms with Crippen molar-refractivity contribution in [2.24, 2.45) is 5.92 Å². The van der Waals surface area contributed by atoms with Crippen molar-refractivity contribution in [1.29, 1.82) is 0 Å². The molecule has 2 atom stereocenters. The zero-order valence-corrected chi connectivity index (χ0v) is 25.9. The summed E-state index contributed by atoms with van der Waals surface area (Å²) in [6.07, 6.45) is 11.7. The summed E-state index contributed by atoms with van der Waals surface area (Å²) in [6.45, 7) is 5.71. The van der Waals surface area contributed by atoms with Crippen LogP contribution in [0.4, 0.5) is 14.5 Å². The number of rotatable bonds is 17. The van der Waals surface area contributed by atoms with E-state index in [0.29, 0.717) is 19.3 Å². The van der Waals surface area contributed by atoms with Gasteiger partial charge in [-0.25, -0.2) is 8.78 Å². The predicted octanol–water partition coefficient (Wildman–Crippen LogP) is 11.5. The molecule has 4 heteroatoms. The summed E-state index contributed by atoms with van der Waals surface area (Å²) in [4.78, 5) is 0. The normalized spacial score (nSPS) is 17.2. The number of hydrogen-bond acceptors (Lipinski definition) is 2. The number of nitrogens with one attached hydrogen (secondary N) is 1. The highest BCUT2D eigenvalue weighted by molar-refractivity contribution is 5.71. The molecule has 0 aromatic heterocycles. The van der Waals surface area contributed by atoms with E-state index in [1.54, 1.807) is 0 Å². The van der Waals surface area contributed by atoms with Gasteiger partial charge in [0.1, 0.15) is 5.75 Å². The third-order valence-corrected chi connectivity index (χ3v) is 8.86. The molecule has 0 spiro atoms. The molecule has 1 fully saturated rings. The molecule has 1 aliphatic rings. The quantitative estimate of drug-likeness (QED) is 0.162. The van der Waals surface area contributed by atoms with Crippen molar-refractivity contribution >= 4 is 5.69 Å². The molecule has 0 amide bonds. The average molecular weight is 576 g/mol. The summed E-state index contributed by atoms with van der Waals surface area (Å²) in [6, 6.07) is 25.7. The zero-order chi connectivity index (χ0) is 29.6. The standard InChI is InChI=1S/C38H51F2NO/c1-3-5-6-12-27-42-37-29-34(23-24-36(37)41-26-11-10-16-30-14-8-7-9-15-30)32-21-19-31(20-22-32)33-17-13-18-35(28-33)38(39,40)25-4-2/h7-9,14-15,19-24,29,33,35,41H,3-6,10-13,16-18,25-28H2,1-2H3. The van der Waals surface area contributed by atoms with Gasteiger partial charge in [0.2, 0.25) is 0 Å². The molecule has 4 rings (SSSR count). The Morgan fingerprint density at radius 2 is 1.60 bits per heavy atom. The lowest BCUT2D eigenvalue weighted by Crippen LogP contribution is -2.32. The molecule has 0 saturated heterocycles. The van der Waals surface area contributed by atoms with Crippen LogP contribution in [0, 0.1) is 5.92 Å². The summed E-state index contributed by atoms with van der Waals surface area (Å²) in [5.41, 5.74) is 5.88. The van der Waals surface area contributed by atoms with E-state index in [2.05, 4.69) is 85.0 Å². The topological polar surface area (TPSA) is 21.3 Å². The average Bonchev–Trinajstić information content (AvgIpc) is 3.02. The Morgan fingerprint density at radius 1 is 0.810 bits per heavy atom. The molecule has 0 radical (unpaired) electrons. The van der Waals surface area contributed by atoms with Gasteiger partial charge in [-0.15, -0.1) is 0 Å². The molecule has 2 nitrogen and oxygen atoms in total. The predicted molar refractivity (Wildman–Crippen MR) is 174 cm³/mol. The Hall–Kier alpha value is -2.88. The van der Waals surface area contributed by atoms with Crippen LogP contribution in [0.3, 0.4) is 0 Å². The molecule has 0 heterocycles. The fourth-order valence-corrected chi connectivity index (χ4v) is 6.36. The van der Waals surface area contributed by atoms with Crippen LogP contribution in [0.25, 0.3) is 11.1 Å². The van der Waals surface area contributed by atoms with Gasteiger partial charge in [-0.1, -0.05) is 107 Å². The van der Waals surface area contributed by atoms with E-state index in [0.717, 1.165) is 74.2 Å². The van der Waals surface area contributed by atoms with Gasteiger partial charge in [-0.3, -0.25) is 0 Å². The molecule has 3 aromatic rings. The molecule has 3 aromatic carbocycles. The van der Waals surface area contributed by atoms with E-state index in [1.165, 1.54) is 30.4 Å². The second-order valence-corrected chi connectivity index (χ2v) is 12.2. The SMILES string of the molecule is CCCCCCOc1cc(-c2ccc(C3CCCC(C(F)(F)CCC)C3)cc2)ccc1NCCCCc1ccccc1. The maximum Gasteiger partial charge on any atom is 0.250 e.